The van der Waals surface area contributed by atoms with Gasteiger partial charge in [0, 0.05) is 11.9 Å². The molecule has 1 aliphatic rings. The predicted octanol–water partition coefficient (Wildman–Crippen LogP) is 1.71. The van der Waals surface area contributed by atoms with Gasteiger partial charge >= 0.3 is 0 Å². The van der Waals surface area contributed by atoms with Crippen LogP contribution in [0.15, 0.2) is 65.2 Å². The summed E-state index contributed by atoms with van der Waals surface area (Å²) in [6.45, 7) is 0.641. The maximum Gasteiger partial charge on any atom is 0.294 e. The van der Waals surface area contributed by atoms with E-state index in [9.17, 15) is 18.5 Å². The average Bonchev–Trinajstić information content (AvgIpc) is 2.70. The van der Waals surface area contributed by atoms with E-state index < -0.39 is 16.0 Å². The lowest BCUT2D eigenvalue weighted by Crippen LogP contribution is -2.37. The van der Waals surface area contributed by atoms with Gasteiger partial charge in [-0.2, -0.15) is 13.7 Å². The fourth-order valence-corrected chi connectivity index (χ4v) is 2.99. The molecule has 0 spiro atoms. The minimum Gasteiger partial charge on any atom is -0.486 e. The van der Waals surface area contributed by atoms with Crippen LogP contribution in [0.2, 0.25) is 0 Å². The van der Waals surface area contributed by atoms with E-state index in [0.717, 1.165) is 12.1 Å². The summed E-state index contributed by atoms with van der Waals surface area (Å²) in [5.41, 5.74) is 0.0881. The van der Waals surface area contributed by atoms with Crippen molar-refractivity contribution >= 4 is 21.7 Å². The number of nitrogens with zero attached hydrogens (tertiary/aromatic N) is 1. The SMILES string of the molecule is N#C/C(=C/NCC1COc2ccccc2O1)C(=O)Nc1ccc(S(=O)(=O)O)cc1. The van der Waals surface area contributed by atoms with Gasteiger partial charge in [-0.3, -0.25) is 9.35 Å². The molecule has 150 valence electrons. The molecule has 3 N–H and O–H groups in total. The molecule has 2 aromatic carbocycles. The molecular weight excluding hydrogens is 398 g/mol. The molecule has 29 heavy (non-hydrogen) atoms. The second-order valence-electron chi connectivity index (χ2n) is 6.03. The van der Waals surface area contributed by atoms with Crippen molar-refractivity contribution in [2.45, 2.75) is 11.0 Å². The van der Waals surface area contributed by atoms with E-state index in [0.29, 0.717) is 24.7 Å². The topological polar surface area (TPSA) is 138 Å². The Morgan fingerprint density at radius 1 is 1.21 bits per heavy atom. The summed E-state index contributed by atoms with van der Waals surface area (Å²) < 4.78 is 42.4. The Labute approximate surface area is 167 Å². The number of rotatable bonds is 6. The molecule has 0 aliphatic carbocycles. The van der Waals surface area contributed by atoms with Crippen molar-refractivity contribution in [3.63, 3.8) is 0 Å². The van der Waals surface area contributed by atoms with Crippen molar-refractivity contribution in [2.75, 3.05) is 18.5 Å². The van der Waals surface area contributed by atoms with E-state index in [-0.39, 0.29) is 22.3 Å². The Morgan fingerprint density at radius 2 is 1.90 bits per heavy atom. The summed E-state index contributed by atoms with van der Waals surface area (Å²) in [6, 6.07) is 13.9. The number of carbonyl (C=O) groups excluding carboxylic acids is 1. The summed E-state index contributed by atoms with van der Waals surface area (Å²) in [6.07, 6.45) is 0.975. The normalized spacial score (nSPS) is 15.9. The van der Waals surface area contributed by atoms with Crippen LogP contribution in [0.5, 0.6) is 11.5 Å². The molecule has 1 atom stereocenters. The van der Waals surface area contributed by atoms with Gasteiger partial charge in [-0.25, -0.2) is 0 Å². The molecule has 10 heteroatoms. The first-order valence-corrected chi connectivity index (χ1v) is 9.92. The summed E-state index contributed by atoms with van der Waals surface area (Å²) in [5, 5.41) is 14.5. The molecule has 0 radical (unpaired) electrons. The number of hydrogen-bond donors (Lipinski definition) is 3. The van der Waals surface area contributed by atoms with Crippen molar-refractivity contribution < 1.29 is 27.2 Å². The van der Waals surface area contributed by atoms with Crippen LogP contribution in [-0.2, 0) is 14.9 Å². The Hall–Kier alpha value is -3.55. The zero-order valence-corrected chi connectivity index (χ0v) is 15.8. The maximum atomic E-state index is 12.2. The van der Waals surface area contributed by atoms with Crippen molar-refractivity contribution in [3.05, 3.63) is 60.3 Å². The second-order valence-corrected chi connectivity index (χ2v) is 7.45. The lowest BCUT2D eigenvalue weighted by Gasteiger charge is -2.26. The van der Waals surface area contributed by atoms with Crippen LogP contribution in [0.4, 0.5) is 5.69 Å². The van der Waals surface area contributed by atoms with Crippen LogP contribution in [-0.4, -0.2) is 38.1 Å². The van der Waals surface area contributed by atoms with Crippen LogP contribution in [0.3, 0.4) is 0 Å². The number of benzene rings is 2. The monoisotopic (exact) mass is 415 g/mol. The highest BCUT2D eigenvalue weighted by Gasteiger charge is 2.20. The lowest BCUT2D eigenvalue weighted by molar-refractivity contribution is -0.112. The van der Waals surface area contributed by atoms with Crippen LogP contribution in [0.1, 0.15) is 0 Å². The fraction of sp³-hybridized carbons (Fsp3) is 0.158. The van der Waals surface area contributed by atoms with Gasteiger partial charge < -0.3 is 20.1 Å². The first-order valence-electron chi connectivity index (χ1n) is 8.48. The van der Waals surface area contributed by atoms with E-state index >= 15 is 0 Å². The summed E-state index contributed by atoms with van der Waals surface area (Å²) >= 11 is 0. The number of hydrogen-bond acceptors (Lipinski definition) is 7. The molecule has 0 bridgehead atoms. The molecule has 2 aromatic rings. The summed E-state index contributed by atoms with van der Waals surface area (Å²) in [5.74, 6) is 0.614. The number of anilines is 1. The number of carbonyl (C=O) groups is 1. The first kappa shape index (κ1) is 20.2. The van der Waals surface area contributed by atoms with Gasteiger partial charge in [0.25, 0.3) is 16.0 Å². The van der Waals surface area contributed by atoms with E-state index in [1.165, 1.54) is 18.3 Å². The zero-order valence-electron chi connectivity index (χ0n) is 15.0. The Morgan fingerprint density at radius 3 is 2.55 bits per heavy atom. The van der Waals surface area contributed by atoms with Crippen molar-refractivity contribution in [3.8, 4) is 17.6 Å². The molecule has 1 aliphatic heterocycles. The maximum absolute atomic E-state index is 12.2. The molecule has 9 nitrogen and oxygen atoms in total. The van der Waals surface area contributed by atoms with Gasteiger partial charge in [0.15, 0.2) is 11.5 Å². The van der Waals surface area contributed by atoms with E-state index in [1.807, 2.05) is 12.1 Å². The highest BCUT2D eigenvalue weighted by Crippen LogP contribution is 2.30. The molecule has 0 fully saturated rings. The second kappa shape index (κ2) is 8.64. The largest absolute Gasteiger partial charge is 0.486 e. The number of ether oxygens (including phenoxy) is 2. The Balaban J connectivity index is 1.56. The van der Waals surface area contributed by atoms with Crippen molar-refractivity contribution in [1.29, 1.82) is 5.26 Å². The lowest BCUT2D eigenvalue weighted by atomic mass is 10.2. The summed E-state index contributed by atoms with van der Waals surface area (Å²) in [4.78, 5) is 11.9. The quantitative estimate of drug-likeness (QED) is 0.368. The fourth-order valence-electron chi connectivity index (χ4n) is 2.51. The molecule has 1 heterocycles. The molecular formula is C19H17N3O6S. The van der Waals surface area contributed by atoms with Gasteiger partial charge in [-0.1, -0.05) is 12.1 Å². The minimum absolute atomic E-state index is 0.180. The Bertz CT molecular complexity index is 1070. The van der Waals surface area contributed by atoms with Crippen LogP contribution < -0.4 is 20.1 Å². The van der Waals surface area contributed by atoms with Gasteiger partial charge in [-0.05, 0) is 36.4 Å². The average molecular weight is 415 g/mol. The van der Waals surface area contributed by atoms with Gasteiger partial charge in [0.05, 0.1) is 11.4 Å². The number of para-hydroxylation sites is 2. The van der Waals surface area contributed by atoms with E-state index in [2.05, 4.69) is 10.6 Å². The summed E-state index contributed by atoms with van der Waals surface area (Å²) in [7, 11) is -4.32. The number of nitriles is 1. The van der Waals surface area contributed by atoms with Crippen molar-refractivity contribution in [2.24, 2.45) is 0 Å². The van der Waals surface area contributed by atoms with Gasteiger partial charge in [-0.15, -0.1) is 0 Å². The number of amides is 1. The molecule has 0 aromatic heterocycles. The van der Waals surface area contributed by atoms with Gasteiger partial charge in [0.2, 0.25) is 0 Å². The highest BCUT2D eigenvalue weighted by atomic mass is 32.2. The third-order valence-electron chi connectivity index (χ3n) is 3.93. The predicted molar refractivity (Wildman–Crippen MR) is 103 cm³/mol. The number of nitrogens with one attached hydrogen (secondary N) is 2. The molecule has 1 unspecified atom stereocenters. The van der Waals surface area contributed by atoms with E-state index in [1.54, 1.807) is 18.2 Å². The van der Waals surface area contributed by atoms with Crippen LogP contribution >= 0.6 is 0 Å². The van der Waals surface area contributed by atoms with E-state index in [4.69, 9.17) is 14.0 Å². The third-order valence-corrected chi connectivity index (χ3v) is 4.80. The minimum atomic E-state index is -4.32. The molecule has 3 rings (SSSR count). The Kier molecular flexibility index (Phi) is 6.01. The molecule has 0 saturated carbocycles. The van der Waals surface area contributed by atoms with Crippen molar-refractivity contribution in [1.82, 2.24) is 5.32 Å². The zero-order chi connectivity index (χ0) is 20.9. The number of fused-ring (bicyclic) bond motifs is 1. The van der Waals surface area contributed by atoms with Gasteiger partial charge in [0.1, 0.15) is 24.4 Å². The third kappa shape index (κ3) is 5.25. The smallest absolute Gasteiger partial charge is 0.294 e. The first-order chi connectivity index (χ1) is 13.9. The van der Waals surface area contributed by atoms with Crippen LogP contribution in [0.25, 0.3) is 0 Å². The molecule has 0 saturated heterocycles. The van der Waals surface area contributed by atoms with Crippen LogP contribution in [0, 0.1) is 11.3 Å². The standard InChI is InChI=1S/C19H17N3O6S/c20-9-13(19(23)22-14-5-7-16(8-6-14)29(24,25)26)10-21-11-15-12-27-17-3-1-2-4-18(17)28-15/h1-8,10,15,21H,11-12H2,(H,22,23)(H,24,25,26)/b13-10-. The molecule has 1 amide bonds. The highest BCUT2D eigenvalue weighted by molar-refractivity contribution is 7.85.